The van der Waals surface area contributed by atoms with Crippen LogP contribution in [0.25, 0.3) is 0 Å². The van der Waals surface area contributed by atoms with Gasteiger partial charge >= 0.3 is 0 Å². The van der Waals surface area contributed by atoms with Crippen LogP contribution in [0.3, 0.4) is 0 Å². The maximum atomic E-state index is 11.8. The lowest BCUT2D eigenvalue weighted by Gasteiger charge is -2.21. The molecule has 1 amide bonds. The number of carbonyl (C=O) groups excluding carboxylic acids is 1. The standard InChI is InChI=1S/C17H25N3O3/c21-17(11-10-14-6-2-1-3-7-14)19-13-12-18-15-8-4-5-9-16(15)20(22)23/h4-5,8-9,14,18H,1-3,6-7,10-13H2,(H,19,21). The molecule has 2 N–H and O–H groups in total. The third-order valence-electron chi connectivity index (χ3n) is 4.37. The van der Waals surface area contributed by atoms with Crippen LogP contribution >= 0.6 is 0 Å². The van der Waals surface area contributed by atoms with Gasteiger partial charge in [0.2, 0.25) is 5.91 Å². The molecule has 0 radical (unpaired) electrons. The van der Waals surface area contributed by atoms with Crippen LogP contribution in [0, 0.1) is 16.0 Å². The van der Waals surface area contributed by atoms with Gasteiger partial charge in [0.15, 0.2) is 0 Å². The number of anilines is 1. The molecular weight excluding hydrogens is 294 g/mol. The number of benzene rings is 1. The molecule has 0 bridgehead atoms. The fourth-order valence-corrected chi connectivity index (χ4v) is 3.08. The van der Waals surface area contributed by atoms with E-state index in [9.17, 15) is 14.9 Å². The Morgan fingerprint density at radius 3 is 2.65 bits per heavy atom. The van der Waals surface area contributed by atoms with Gasteiger partial charge in [-0.05, 0) is 18.4 Å². The second-order valence-corrected chi connectivity index (χ2v) is 6.09. The zero-order valence-electron chi connectivity index (χ0n) is 13.4. The molecule has 0 heterocycles. The van der Waals surface area contributed by atoms with E-state index in [-0.39, 0.29) is 11.6 Å². The van der Waals surface area contributed by atoms with Gasteiger partial charge in [-0.2, -0.15) is 0 Å². The molecule has 1 aliphatic carbocycles. The quantitative estimate of drug-likeness (QED) is 0.436. The van der Waals surface area contributed by atoms with E-state index in [4.69, 9.17) is 0 Å². The second-order valence-electron chi connectivity index (χ2n) is 6.09. The van der Waals surface area contributed by atoms with Gasteiger partial charge in [-0.15, -0.1) is 0 Å². The summed E-state index contributed by atoms with van der Waals surface area (Å²) in [6, 6.07) is 6.52. The molecule has 1 fully saturated rings. The van der Waals surface area contributed by atoms with E-state index in [2.05, 4.69) is 10.6 Å². The largest absolute Gasteiger partial charge is 0.378 e. The molecule has 6 nitrogen and oxygen atoms in total. The zero-order valence-corrected chi connectivity index (χ0v) is 13.4. The normalized spacial score (nSPS) is 15.1. The Morgan fingerprint density at radius 1 is 1.17 bits per heavy atom. The lowest BCUT2D eigenvalue weighted by Crippen LogP contribution is -2.29. The molecule has 126 valence electrons. The minimum atomic E-state index is -0.412. The number of nitro groups is 1. The highest BCUT2D eigenvalue weighted by Gasteiger charge is 2.15. The Bertz CT molecular complexity index is 528. The number of hydrogen-bond donors (Lipinski definition) is 2. The lowest BCUT2D eigenvalue weighted by atomic mass is 9.86. The number of para-hydroxylation sites is 2. The molecule has 0 saturated heterocycles. The van der Waals surface area contributed by atoms with Crippen LogP contribution in [0.1, 0.15) is 44.9 Å². The van der Waals surface area contributed by atoms with Crippen molar-refractivity contribution in [2.24, 2.45) is 5.92 Å². The average Bonchev–Trinajstić information content (AvgIpc) is 2.58. The summed E-state index contributed by atoms with van der Waals surface area (Å²) >= 11 is 0. The summed E-state index contributed by atoms with van der Waals surface area (Å²) in [5, 5.41) is 16.8. The van der Waals surface area contributed by atoms with E-state index in [1.807, 2.05) is 0 Å². The van der Waals surface area contributed by atoms with Gasteiger partial charge in [0.25, 0.3) is 5.69 Å². The van der Waals surface area contributed by atoms with Gasteiger partial charge in [-0.3, -0.25) is 14.9 Å². The number of rotatable bonds is 8. The van der Waals surface area contributed by atoms with Crippen molar-refractivity contribution in [1.29, 1.82) is 0 Å². The van der Waals surface area contributed by atoms with Crippen molar-refractivity contribution in [2.45, 2.75) is 44.9 Å². The van der Waals surface area contributed by atoms with Crippen LogP contribution in [0.2, 0.25) is 0 Å². The van der Waals surface area contributed by atoms with Crippen molar-refractivity contribution < 1.29 is 9.72 Å². The molecule has 1 aromatic rings. The van der Waals surface area contributed by atoms with Crippen LogP contribution in [-0.2, 0) is 4.79 Å². The number of amides is 1. The van der Waals surface area contributed by atoms with Gasteiger partial charge < -0.3 is 10.6 Å². The molecule has 2 rings (SSSR count). The molecule has 0 aromatic heterocycles. The van der Waals surface area contributed by atoms with E-state index in [1.165, 1.54) is 38.2 Å². The molecule has 0 atom stereocenters. The predicted molar refractivity (Wildman–Crippen MR) is 90.4 cm³/mol. The first-order chi connectivity index (χ1) is 11.2. The third-order valence-corrected chi connectivity index (χ3v) is 4.37. The minimum Gasteiger partial charge on any atom is -0.378 e. The minimum absolute atomic E-state index is 0.0520. The van der Waals surface area contributed by atoms with Crippen LogP contribution in [0.15, 0.2) is 24.3 Å². The van der Waals surface area contributed by atoms with Crippen LogP contribution in [0.4, 0.5) is 11.4 Å². The third kappa shape index (κ3) is 5.88. The number of hydrogen-bond acceptors (Lipinski definition) is 4. The first kappa shape index (κ1) is 17.2. The van der Waals surface area contributed by atoms with Crippen LogP contribution in [-0.4, -0.2) is 23.9 Å². The average molecular weight is 319 g/mol. The van der Waals surface area contributed by atoms with Crippen LogP contribution < -0.4 is 10.6 Å². The topological polar surface area (TPSA) is 84.3 Å². The second kappa shape index (κ2) is 9.12. The Labute approximate surface area is 136 Å². The Balaban J connectivity index is 1.63. The molecule has 6 heteroatoms. The Morgan fingerprint density at radius 2 is 1.91 bits per heavy atom. The lowest BCUT2D eigenvalue weighted by molar-refractivity contribution is -0.384. The summed E-state index contributed by atoms with van der Waals surface area (Å²) in [4.78, 5) is 22.3. The van der Waals surface area contributed by atoms with E-state index in [1.54, 1.807) is 18.2 Å². The Hall–Kier alpha value is -2.11. The van der Waals surface area contributed by atoms with E-state index >= 15 is 0 Å². The van der Waals surface area contributed by atoms with Crippen molar-refractivity contribution in [3.05, 3.63) is 34.4 Å². The maximum absolute atomic E-state index is 11.8. The fourth-order valence-electron chi connectivity index (χ4n) is 3.08. The zero-order chi connectivity index (χ0) is 16.5. The maximum Gasteiger partial charge on any atom is 0.292 e. The number of nitrogens with one attached hydrogen (secondary N) is 2. The molecule has 1 aromatic carbocycles. The van der Waals surface area contributed by atoms with Gasteiger partial charge in [0.05, 0.1) is 4.92 Å². The van der Waals surface area contributed by atoms with Gasteiger partial charge in [-0.1, -0.05) is 44.2 Å². The van der Waals surface area contributed by atoms with Gasteiger partial charge in [-0.25, -0.2) is 0 Å². The van der Waals surface area contributed by atoms with Gasteiger partial charge in [0.1, 0.15) is 5.69 Å². The number of nitro benzene ring substituents is 1. The van der Waals surface area contributed by atoms with Crippen molar-refractivity contribution in [3.63, 3.8) is 0 Å². The molecule has 0 unspecified atom stereocenters. The molecular formula is C17H25N3O3. The van der Waals surface area contributed by atoms with Crippen molar-refractivity contribution >= 4 is 17.3 Å². The summed E-state index contributed by atoms with van der Waals surface area (Å²) in [5.74, 6) is 0.777. The molecule has 1 saturated carbocycles. The summed E-state index contributed by atoms with van der Waals surface area (Å²) < 4.78 is 0. The highest BCUT2D eigenvalue weighted by molar-refractivity contribution is 5.75. The van der Waals surface area contributed by atoms with E-state index in [0.717, 1.165) is 6.42 Å². The van der Waals surface area contributed by atoms with Crippen molar-refractivity contribution in [3.8, 4) is 0 Å². The van der Waals surface area contributed by atoms with E-state index < -0.39 is 4.92 Å². The molecule has 23 heavy (non-hydrogen) atoms. The highest BCUT2D eigenvalue weighted by atomic mass is 16.6. The summed E-state index contributed by atoms with van der Waals surface area (Å²) in [6.07, 6.45) is 8.00. The first-order valence-electron chi connectivity index (χ1n) is 8.41. The number of carbonyl (C=O) groups is 1. The predicted octanol–water partition coefficient (Wildman–Crippen LogP) is 3.48. The fraction of sp³-hybridized carbons (Fsp3) is 0.588. The SMILES string of the molecule is O=C(CCC1CCCCC1)NCCNc1ccccc1[N+](=O)[O-]. The van der Waals surface area contributed by atoms with E-state index in [0.29, 0.717) is 31.1 Å². The Kier molecular flexibility index (Phi) is 6.84. The highest BCUT2D eigenvalue weighted by Crippen LogP contribution is 2.27. The summed E-state index contributed by atoms with van der Waals surface area (Å²) in [5.41, 5.74) is 0.532. The molecule has 0 spiro atoms. The van der Waals surface area contributed by atoms with Gasteiger partial charge in [0, 0.05) is 25.6 Å². The first-order valence-corrected chi connectivity index (χ1v) is 8.41. The van der Waals surface area contributed by atoms with Crippen molar-refractivity contribution in [2.75, 3.05) is 18.4 Å². The van der Waals surface area contributed by atoms with Crippen molar-refractivity contribution in [1.82, 2.24) is 5.32 Å². The summed E-state index contributed by atoms with van der Waals surface area (Å²) in [6.45, 7) is 0.940. The number of nitrogens with zero attached hydrogens (tertiary/aromatic N) is 1. The molecule has 1 aliphatic rings. The monoisotopic (exact) mass is 319 g/mol. The van der Waals surface area contributed by atoms with Crippen LogP contribution in [0.5, 0.6) is 0 Å². The summed E-state index contributed by atoms with van der Waals surface area (Å²) in [7, 11) is 0. The molecule has 0 aliphatic heterocycles. The smallest absolute Gasteiger partial charge is 0.292 e.